The van der Waals surface area contributed by atoms with Gasteiger partial charge in [-0.25, -0.2) is 4.79 Å². The number of carboxylic acids is 1. The van der Waals surface area contributed by atoms with Gasteiger partial charge in [0.2, 0.25) is 0 Å². The van der Waals surface area contributed by atoms with Crippen LogP contribution in [0.5, 0.6) is 0 Å². The number of carboxylic acid groups (broad SMARTS) is 1. The summed E-state index contributed by atoms with van der Waals surface area (Å²) < 4.78 is 0. The van der Waals surface area contributed by atoms with Gasteiger partial charge in [0, 0.05) is 6.08 Å². The van der Waals surface area contributed by atoms with E-state index in [1.54, 1.807) is 13.8 Å². The van der Waals surface area contributed by atoms with Crippen molar-refractivity contribution in [3.05, 3.63) is 55.5 Å². The molecular formula is C12H17KO2. The summed E-state index contributed by atoms with van der Waals surface area (Å²) in [6, 6.07) is 12.0. The van der Waals surface area contributed by atoms with Gasteiger partial charge in [0.25, 0.3) is 0 Å². The van der Waals surface area contributed by atoms with Gasteiger partial charge in [0.15, 0.2) is 0 Å². The molecule has 3 heteroatoms. The first-order valence-corrected chi connectivity index (χ1v) is 4.33. The molecule has 1 aromatic rings. The third-order valence-corrected chi connectivity index (χ3v) is 0.976. The maximum absolute atomic E-state index is 9.51. The van der Waals surface area contributed by atoms with E-state index in [0.717, 1.165) is 6.08 Å². The van der Waals surface area contributed by atoms with Crippen molar-refractivity contribution >= 4 is 5.97 Å². The van der Waals surface area contributed by atoms with E-state index in [0.29, 0.717) is 0 Å². The molecule has 0 saturated heterocycles. The summed E-state index contributed by atoms with van der Waals surface area (Å²) in [5, 5.41) is 7.83. The summed E-state index contributed by atoms with van der Waals surface area (Å²) in [5.74, 6) is -0.891. The smallest absolute Gasteiger partial charge is 0.478 e. The van der Waals surface area contributed by atoms with E-state index in [2.05, 4.69) is 6.92 Å². The Bertz CT molecular complexity index is 206. The van der Waals surface area contributed by atoms with Crippen LogP contribution in [0.4, 0.5) is 0 Å². The summed E-state index contributed by atoms with van der Waals surface area (Å²) in [5.41, 5.74) is 0. The summed E-state index contributed by atoms with van der Waals surface area (Å²) >= 11 is 0. The van der Waals surface area contributed by atoms with Crippen molar-refractivity contribution < 1.29 is 61.3 Å². The van der Waals surface area contributed by atoms with Gasteiger partial charge in [-0.1, -0.05) is 42.5 Å². The fourth-order valence-electron chi connectivity index (χ4n) is 0.527. The SMILES string of the molecule is CC=CC(=O)O.[CH2-]C.[K+].c1ccccc1. The fraction of sp³-hybridized carbons (Fsp3) is 0.167. The van der Waals surface area contributed by atoms with Gasteiger partial charge < -0.3 is 12.0 Å². The number of hydrogen-bond acceptors (Lipinski definition) is 1. The molecule has 15 heavy (non-hydrogen) atoms. The topological polar surface area (TPSA) is 37.3 Å². The molecule has 0 radical (unpaired) electrons. The first-order valence-electron chi connectivity index (χ1n) is 4.33. The van der Waals surface area contributed by atoms with Crippen molar-refractivity contribution in [2.45, 2.75) is 13.8 Å². The van der Waals surface area contributed by atoms with Crippen molar-refractivity contribution in [1.29, 1.82) is 0 Å². The number of carbonyl (C=O) groups is 1. The predicted octanol–water partition coefficient (Wildman–Crippen LogP) is 0.178. The molecule has 0 aliphatic heterocycles. The van der Waals surface area contributed by atoms with Crippen LogP contribution in [-0.4, -0.2) is 11.1 Å². The minimum atomic E-state index is -0.891. The van der Waals surface area contributed by atoms with Crippen LogP contribution in [0, 0.1) is 6.92 Å². The number of hydrogen-bond donors (Lipinski definition) is 1. The molecule has 0 spiro atoms. The molecule has 1 rings (SSSR count). The normalized spacial score (nSPS) is 7.40. The molecule has 1 aromatic carbocycles. The van der Waals surface area contributed by atoms with E-state index >= 15 is 0 Å². The van der Waals surface area contributed by atoms with E-state index in [-0.39, 0.29) is 51.4 Å². The Morgan fingerprint density at radius 1 is 1.07 bits per heavy atom. The van der Waals surface area contributed by atoms with E-state index in [4.69, 9.17) is 5.11 Å². The minimum Gasteiger partial charge on any atom is -0.478 e. The second-order valence-electron chi connectivity index (χ2n) is 1.99. The van der Waals surface area contributed by atoms with Crippen LogP contribution in [0.3, 0.4) is 0 Å². The molecule has 0 aliphatic rings. The quantitative estimate of drug-likeness (QED) is 0.426. The van der Waals surface area contributed by atoms with E-state index in [1.807, 2.05) is 36.4 Å². The standard InChI is InChI=1S/C6H6.C4H6O2.C2H5.K/c1-2-4-6-5-3-1;1-2-3-4(5)6;1-2;/h1-6H;2-3H,1H3,(H,5,6);1H2,2H3;/q;;-1;+1. The van der Waals surface area contributed by atoms with Gasteiger partial charge in [-0.05, 0) is 6.92 Å². The van der Waals surface area contributed by atoms with Crippen LogP contribution in [0.1, 0.15) is 13.8 Å². The molecule has 0 fully saturated rings. The minimum absolute atomic E-state index is 0. The molecule has 0 amide bonds. The van der Waals surface area contributed by atoms with Gasteiger partial charge in [-0.2, -0.15) is 6.92 Å². The Morgan fingerprint density at radius 2 is 1.33 bits per heavy atom. The first kappa shape index (κ1) is 20.5. The van der Waals surface area contributed by atoms with Crippen LogP contribution in [-0.2, 0) is 4.79 Å². The van der Waals surface area contributed by atoms with Crippen LogP contribution in [0.25, 0.3) is 0 Å². The molecule has 1 N–H and O–H groups in total. The van der Waals surface area contributed by atoms with Crippen molar-refractivity contribution in [2.24, 2.45) is 0 Å². The molecule has 0 aromatic heterocycles. The van der Waals surface area contributed by atoms with Crippen molar-refractivity contribution in [1.82, 2.24) is 0 Å². The fourth-order valence-corrected chi connectivity index (χ4v) is 0.527. The molecular weight excluding hydrogens is 215 g/mol. The van der Waals surface area contributed by atoms with E-state index < -0.39 is 5.97 Å². The molecule has 2 nitrogen and oxygen atoms in total. The third-order valence-electron chi connectivity index (χ3n) is 0.976. The summed E-state index contributed by atoms with van der Waals surface area (Å²) in [6.07, 6.45) is 2.56. The number of benzene rings is 1. The van der Waals surface area contributed by atoms with Crippen LogP contribution < -0.4 is 51.4 Å². The number of allylic oxidation sites excluding steroid dienone is 1. The predicted molar refractivity (Wildman–Crippen MR) is 59.9 cm³/mol. The maximum atomic E-state index is 9.51. The van der Waals surface area contributed by atoms with Gasteiger partial charge in [-0.15, -0.1) is 0 Å². The average Bonchev–Trinajstić information content (AvgIpc) is 2.24. The van der Waals surface area contributed by atoms with E-state index in [9.17, 15) is 4.79 Å². The average molecular weight is 232 g/mol. The molecule has 0 atom stereocenters. The van der Waals surface area contributed by atoms with Crippen LogP contribution in [0.2, 0.25) is 0 Å². The summed E-state index contributed by atoms with van der Waals surface area (Å²) in [7, 11) is 0. The van der Waals surface area contributed by atoms with Gasteiger partial charge in [-0.3, -0.25) is 0 Å². The molecule has 0 heterocycles. The monoisotopic (exact) mass is 232 g/mol. The van der Waals surface area contributed by atoms with Gasteiger partial charge in [0.1, 0.15) is 0 Å². The maximum Gasteiger partial charge on any atom is 1.00 e. The van der Waals surface area contributed by atoms with Crippen LogP contribution in [0.15, 0.2) is 48.6 Å². The zero-order valence-corrected chi connectivity index (χ0v) is 12.8. The summed E-state index contributed by atoms with van der Waals surface area (Å²) in [4.78, 5) is 9.51. The third kappa shape index (κ3) is 24.9. The molecule has 0 saturated carbocycles. The summed E-state index contributed by atoms with van der Waals surface area (Å²) in [6.45, 7) is 6.66. The Kier molecular flexibility index (Phi) is 26.8. The van der Waals surface area contributed by atoms with Crippen molar-refractivity contribution in [3.63, 3.8) is 0 Å². The number of rotatable bonds is 1. The van der Waals surface area contributed by atoms with Gasteiger partial charge in [0.05, 0.1) is 0 Å². The van der Waals surface area contributed by atoms with Gasteiger partial charge >= 0.3 is 57.4 Å². The van der Waals surface area contributed by atoms with E-state index in [1.165, 1.54) is 6.08 Å². The number of aliphatic carboxylic acids is 1. The Balaban J connectivity index is -0.000000156. The molecule has 78 valence electrons. The zero-order valence-electron chi connectivity index (χ0n) is 9.68. The van der Waals surface area contributed by atoms with Crippen molar-refractivity contribution in [3.8, 4) is 0 Å². The Labute approximate surface area is 135 Å². The zero-order chi connectivity index (χ0) is 11.2. The van der Waals surface area contributed by atoms with Crippen LogP contribution >= 0.6 is 0 Å². The Hall–Kier alpha value is 0.0664. The molecule has 0 bridgehead atoms. The second-order valence-corrected chi connectivity index (χ2v) is 1.99. The second kappa shape index (κ2) is 19.6. The molecule has 0 aliphatic carbocycles. The first-order chi connectivity index (χ1) is 6.77. The Morgan fingerprint density at radius 3 is 1.40 bits per heavy atom. The largest absolute Gasteiger partial charge is 1.00 e. The van der Waals surface area contributed by atoms with Crippen molar-refractivity contribution in [2.75, 3.05) is 0 Å². The molecule has 0 unspecified atom stereocenters.